The number of hydrogen-bond acceptors (Lipinski definition) is 6. The van der Waals surface area contributed by atoms with Crippen LogP contribution in [0.2, 0.25) is 0 Å². The fraction of sp³-hybridized carbons (Fsp3) is 0.333. The number of rotatable bonds is 4. The smallest absolute Gasteiger partial charge is 0.256 e. The van der Waals surface area contributed by atoms with Crippen molar-refractivity contribution >= 4 is 40.3 Å². The monoisotopic (exact) mass is 425 g/mol. The van der Waals surface area contributed by atoms with E-state index in [0.29, 0.717) is 34.3 Å². The summed E-state index contributed by atoms with van der Waals surface area (Å²) in [5, 5.41) is 8.05. The van der Waals surface area contributed by atoms with Gasteiger partial charge < -0.3 is 15.0 Å². The van der Waals surface area contributed by atoms with Crippen LogP contribution in [0.15, 0.2) is 30.3 Å². The van der Waals surface area contributed by atoms with Gasteiger partial charge in [-0.15, -0.1) is 11.8 Å². The molecule has 1 atom stereocenters. The first-order valence-corrected chi connectivity index (χ1v) is 10.7. The van der Waals surface area contributed by atoms with Crippen LogP contribution in [0.1, 0.15) is 21.7 Å². The minimum absolute atomic E-state index is 0.179. The second kappa shape index (κ2) is 7.98. The molecule has 0 aliphatic carbocycles. The number of aryl methyl sites for hydroxylation is 3. The molecular formula is C21H23N5O3S. The predicted octanol–water partition coefficient (Wildman–Crippen LogP) is 2.75. The maximum absolute atomic E-state index is 13.5. The van der Waals surface area contributed by atoms with Crippen LogP contribution in [0.25, 0.3) is 11.0 Å². The quantitative estimate of drug-likeness (QED) is 0.691. The average Bonchev–Trinajstić information content (AvgIpc) is 3.32. The molecule has 4 rings (SSSR count). The second-order valence-corrected chi connectivity index (χ2v) is 8.23. The molecule has 9 heteroatoms. The number of anilines is 1. The van der Waals surface area contributed by atoms with Gasteiger partial charge >= 0.3 is 0 Å². The maximum Gasteiger partial charge on any atom is 0.256 e. The molecule has 1 saturated heterocycles. The number of nitrogens with one attached hydrogen (secondary N) is 1. The molecule has 3 aromatic rings. The van der Waals surface area contributed by atoms with E-state index in [-0.39, 0.29) is 11.8 Å². The van der Waals surface area contributed by atoms with Crippen LogP contribution in [-0.4, -0.2) is 56.3 Å². The van der Waals surface area contributed by atoms with Gasteiger partial charge in [-0.25, -0.2) is 4.98 Å². The van der Waals surface area contributed by atoms with E-state index in [1.807, 2.05) is 20.9 Å². The molecule has 1 N–H and O–H groups in total. The van der Waals surface area contributed by atoms with Gasteiger partial charge in [0.15, 0.2) is 5.65 Å². The van der Waals surface area contributed by atoms with Crippen molar-refractivity contribution < 1.29 is 14.3 Å². The highest BCUT2D eigenvalue weighted by Crippen LogP contribution is 2.28. The zero-order valence-electron chi connectivity index (χ0n) is 17.3. The third kappa shape index (κ3) is 3.60. The summed E-state index contributed by atoms with van der Waals surface area (Å²) in [6, 6.07) is 8.35. The van der Waals surface area contributed by atoms with E-state index < -0.39 is 6.04 Å². The number of amides is 2. The highest BCUT2D eigenvalue weighted by atomic mass is 32.2. The third-order valence-corrected chi connectivity index (χ3v) is 6.14. The van der Waals surface area contributed by atoms with Gasteiger partial charge in [0.2, 0.25) is 5.91 Å². The van der Waals surface area contributed by atoms with Gasteiger partial charge in [-0.2, -0.15) is 5.10 Å². The number of pyridine rings is 1. The molecule has 30 heavy (non-hydrogen) atoms. The number of hydrogen-bond donors (Lipinski definition) is 1. The van der Waals surface area contributed by atoms with Crippen LogP contribution in [-0.2, 0) is 11.8 Å². The van der Waals surface area contributed by atoms with E-state index in [1.165, 1.54) is 0 Å². The van der Waals surface area contributed by atoms with E-state index >= 15 is 0 Å². The minimum Gasteiger partial charge on any atom is -0.497 e. The number of nitrogens with zero attached hydrogens (tertiary/aromatic N) is 4. The lowest BCUT2D eigenvalue weighted by molar-refractivity contribution is -0.119. The Morgan fingerprint density at radius 2 is 1.97 bits per heavy atom. The first-order chi connectivity index (χ1) is 14.4. The lowest BCUT2D eigenvalue weighted by Crippen LogP contribution is -2.44. The highest BCUT2D eigenvalue weighted by molar-refractivity contribution is 7.99. The van der Waals surface area contributed by atoms with Crippen molar-refractivity contribution in [2.24, 2.45) is 7.05 Å². The Morgan fingerprint density at radius 1 is 1.23 bits per heavy atom. The van der Waals surface area contributed by atoms with Gasteiger partial charge in [0.05, 0.1) is 29.6 Å². The Kier molecular flexibility index (Phi) is 5.38. The summed E-state index contributed by atoms with van der Waals surface area (Å²) in [5.41, 5.74) is 3.35. The molecule has 1 aromatic carbocycles. The number of carbonyl (C=O) groups excluding carboxylic acids is 2. The standard InChI is InChI=1S/C21H23N5O3S/c1-12-9-16(18-13(2)24-25(3)19(18)22-12)21(28)26-11-30-10-17(26)20(27)23-14-5-7-15(29-4)8-6-14/h5-9,17H,10-11H2,1-4H3,(H,23,27). The largest absolute Gasteiger partial charge is 0.497 e. The molecule has 0 radical (unpaired) electrons. The summed E-state index contributed by atoms with van der Waals surface area (Å²) in [7, 11) is 3.40. The van der Waals surface area contributed by atoms with Gasteiger partial charge in [-0.1, -0.05) is 0 Å². The Hall–Kier alpha value is -3.07. The van der Waals surface area contributed by atoms with Crippen LogP contribution < -0.4 is 10.1 Å². The number of thioether (sulfide) groups is 1. The Balaban J connectivity index is 1.61. The predicted molar refractivity (Wildman–Crippen MR) is 117 cm³/mol. The molecule has 0 spiro atoms. The normalized spacial score (nSPS) is 16.1. The Labute approximate surface area is 178 Å². The Morgan fingerprint density at radius 3 is 2.67 bits per heavy atom. The SMILES string of the molecule is COc1ccc(NC(=O)C2CSCN2C(=O)c2cc(C)nc3c2c(C)nn3C)cc1. The van der Waals surface area contributed by atoms with Crippen molar-refractivity contribution in [2.75, 3.05) is 24.1 Å². The van der Waals surface area contributed by atoms with Crippen LogP contribution in [0, 0.1) is 13.8 Å². The molecule has 8 nitrogen and oxygen atoms in total. The van der Waals surface area contributed by atoms with Gasteiger partial charge in [0.25, 0.3) is 5.91 Å². The van der Waals surface area contributed by atoms with Crippen molar-refractivity contribution in [1.82, 2.24) is 19.7 Å². The number of ether oxygens (including phenoxy) is 1. The number of fused-ring (bicyclic) bond motifs is 1. The van der Waals surface area contributed by atoms with Crippen LogP contribution in [0.4, 0.5) is 5.69 Å². The average molecular weight is 426 g/mol. The molecule has 2 aromatic heterocycles. The summed E-state index contributed by atoms with van der Waals surface area (Å²) in [4.78, 5) is 32.6. The van der Waals surface area contributed by atoms with E-state index in [4.69, 9.17) is 4.74 Å². The van der Waals surface area contributed by atoms with Crippen molar-refractivity contribution in [3.63, 3.8) is 0 Å². The molecule has 2 amide bonds. The summed E-state index contributed by atoms with van der Waals surface area (Å²) in [5.74, 6) is 1.34. The molecular weight excluding hydrogens is 402 g/mol. The summed E-state index contributed by atoms with van der Waals surface area (Å²) >= 11 is 1.57. The van der Waals surface area contributed by atoms with Gasteiger partial charge in [-0.05, 0) is 44.2 Å². The lowest BCUT2D eigenvalue weighted by atomic mass is 10.1. The van der Waals surface area contributed by atoms with E-state index in [2.05, 4.69) is 15.4 Å². The highest BCUT2D eigenvalue weighted by Gasteiger charge is 2.36. The number of aromatic nitrogens is 3. The lowest BCUT2D eigenvalue weighted by Gasteiger charge is -2.23. The molecule has 0 bridgehead atoms. The zero-order valence-corrected chi connectivity index (χ0v) is 18.1. The van der Waals surface area contributed by atoms with Gasteiger partial charge in [-0.3, -0.25) is 14.3 Å². The van der Waals surface area contributed by atoms with Crippen LogP contribution >= 0.6 is 11.8 Å². The molecule has 1 fully saturated rings. The van der Waals surface area contributed by atoms with Gasteiger partial charge in [0, 0.05) is 24.2 Å². The minimum atomic E-state index is -0.551. The molecule has 0 saturated carbocycles. The first kappa shape index (κ1) is 20.2. The van der Waals surface area contributed by atoms with E-state index in [9.17, 15) is 9.59 Å². The zero-order chi connectivity index (χ0) is 21.4. The molecule has 3 heterocycles. The molecule has 156 valence electrons. The van der Waals surface area contributed by atoms with Crippen LogP contribution in [0.3, 0.4) is 0 Å². The van der Waals surface area contributed by atoms with E-state index in [1.54, 1.807) is 58.8 Å². The number of methoxy groups -OCH3 is 1. The van der Waals surface area contributed by atoms with E-state index in [0.717, 1.165) is 16.8 Å². The summed E-state index contributed by atoms with van der Waals surface area (Å²) < 4.78 is 6.83. The van der Waals surface area contributed by atoms with Crippen molar-refractivity contribution in [2.45, 2.75) is 19.9 Å². The fourth-order valence-corrected chi connectivity index (χ4v) is 4.81. The third-order valence-electron chi connectivity index (χ3n) is 5.13. The second-order valence-electron chi connectivity index (χ2n) is 7.23. The van der Waals surface area contributed by atoms with Crippen molar-refractivity contribution in [1.29, 1.82) is 0 Å². The maximum atomic E-state index is 13.5. The molecule has 1 aliphatic rings. The topological polar surface area (TPSA) is 89.3 Å². The number of benzene rings is 1. The van der Waals surface area contributed by atoms with Gasteiger partial charge in [0.1, 0.15) is 11.8 Å². The molecule has 1 unspecified atom stereocenters. The van der Waals surface area contributed by atoms with Crippen LogP contribution in [0.5, 0.6) is 5.75 Å². The summed E-state index contributed by atoms with van der Waals surface area (Å²) in [6.45, 7) is 3.72. The Bertz CT molecular complexity index is 1130. The number of carbonyl (C=O) groups is 2. The first-order valence-electron chi connectivity index (χ1n) is 9.53. The molecule has 1 aliphatic heterocycles. The summed E-state index contributed by atoms with van der Waals surface area (Å²) in [6.07, 6.45) is 0. The fourth-order valence-electron chi connectivity index (χ4n) is 3.65. The van der Waals surface area contributed by atoms with Crippen molar-refractivity contribution in [3.8, 4) is 5.75 Å². The van der Waals surface area contributed by atoms with Crippen molar-refractivity contribution in [3.05, 3.63) is 47.3 Å².